The first kappa shape index (κ1) is 17.4. The number of hydrogen-bond acceptors (Lipinski definition) is 2. The summed E-state index contributed by atoms with van der Waals surface area (Å²) in [5.74, 6) is 1.32. The minimum Gasteiger partial charge on any atom is -0.342 e. The van der Waals surface area contributed by atoms with Crippen LogP contribution in [0.4, 0.5) is 0 Å². The summed E-state index contributed by atoms with van der Waals surface area (Å²) in [6.45, 7) is 3.46. The average molecular weight is 388 g/mol. The number of carbonyl (C=O) groups is 1. The summed E-state index contributed by atoms with van der Waals surface area (Å²) in [7, 11) is 0. The molecule has 0 aliphatic carbocycles. The number of fused-ring (bicyclic) bond motifs is 1. The van der Waals surface area contributed by atoms with E-state index < -0.39 is 0 Å². The van der Waals surface area contributed by atoms with Crippen molar-refractivity contribution in [3.05, 3.63) is 63.4 Å². The van der Waals surface area contributed by atoms with Crippen molar-refractivity contribution in [1.82, 2.24) is 14.9 Å². The van der Waals surface area contributed by atoms with Gasteiger partial charge in [-0.25, -0.2) is 4.98 Å². The zero-order valence-corrected chi connectivity index (χ0v) is 15.9. The number of aryl methyl sites for hydroxylation is 1. The number of aromatic amines is 1. The Morgan fingerprint density at radius 2 is 1.92 bits per heavy atom. The van der Waals surface area contributed by atoms with Crippen molar-refractivity contribution < 1.29 is 4.79 Å². The van der Waals surface area contributed by atoms with E-state index in [1.165, 1.54) is 5.56 Å². The first-order chi connectivity index (χ1) is 12.5. The molecule has 4 rings (SSSR count). The Bertz CT molecular complexity index is 974. The van der Waals surface area contributed by atoms with E-state index in [1.807, 2.05) is 11.0 Å². The summed E-state index contributed by atoms with van der Waals surface area (Å²) >= 11 is 12.1. The summed E-state index contributed by atoms with van der Waals surface area (Å²) in [4.78, 5) is 22.8. The van der Waals surface area contributed by atoms with Gasteiger partial charge in [0.15, 0.2) is 0 Å². The van der Waals surface area contributed by atoms with Gasteiger partial charge in [-0.05, 0) is 55.7 Å². The molecule has 0 spiro atoms. The van der Waals surface area contributed by atoms with E-state index in [2.05, 4.69) is 24.0 Å². The maximum atomic E-state index is 12.7. The molecule has 2 heterocycles. The Balaban J connectivity index is 1.47. The lowest BCUT2D eigenvalue weighted by atomic mass is 9.95. The van der Waals surface area contributed by atoms with Crippen LogP contribution in [-0.4, -0.2) is 33.9 Å². The Hall–Kier alpha value is -2.04. The van der Waals surface area contributed by atoms with E-state index in [0.717, 1.165) is 29.7 Å². The maximum Gasteiger partial charge on any atom is 0.255 e. The van der Waals surface area contributed by atoms with Crippen LogP contribution >= 0.6 is 23.2 Å². The predicted molar refractivity (Wildman–Crippen MR) is 105 cm³/mol. The summed E-state index contributed by atoms with van der Waals surface area (Å²) in [5, 5.41) is 0.933. The highest BCUT2D eigenvalue weighted by Crippen LogP contribution is 2.30. The minimum atomic E-state index is -0.0367. The van der Waals surface area contributed by atoms with E-state index in [-0.39, 0.29) is 5.91 Å². The Labute approximate surface area is 162 Å². The molecule has 1 fully saturated rings. The molecular weight excluding hydrogens is 369 g/mol. The third kappa shape index (κ3) is 3.31. The number of carbonyl (C=O) groups excluding carboxylic acids is 1. The number of nitrogens with zero attached hydrogens (tertiary/aromatic N) is 2. The number of halogens is 2. The first-order valence-corrected chi connectivity index (χ1v) is 9.47. The summed E-state index contributed by atoms with van der Waals surface area (Å²) < 4.78 is 0. The molecule has 1 aliphatic rings. The number of hydrogen-bond donors (Lipinski definition) is 1. The molecule has 1 aromatic heterocycles. The normalized spacial score (nSPS) is 15.6. The van der Waals surface area contributed by atoms with Gasteiger partial charge in [0.2, 0.25) is 0 Å². The number of imidazole rings is 1. The standard InChI is InChI=1S/C20H19Cl2N3O/c1-12-2-5-17-18(10-12)24-19(23-17)13-6-8-25(9-7-13)20(26)15-4-3-14(21)11-16(15)22/h2-5,10-11,13H,6-9H2,1H3,(H,23,24). The quantitative estimate of drug-likeness (QED) is 0.656. The minimum absolute atomic E-state index is 0.0367. The number of rotatable bonds is 2. The second-order valence-electron chi connectivity index (χ2n) is 6.83. The molecule has 134 valence electrons. The SMILES string of the molecule is Cc1ccc2nc(C3CCN(C(=O)c4ccc(Cl)cc4Cl)CC3)[nH]c2c1. The highest BCUT2D eigenvalue weighted by Gasteiger charge is 2.27. The zero-order chi connectivity index (χ0) is 18.3. The molecule has 1 aliphatic heterocycles. The van der Waals surface area contributed by atoms with Crippen molar-refractivity contribution >= 4 is 40.1 Å². The largest absolute Gasteiger partial charge is 0.342 e. The van der Waals surface area contributed by atoms with Crippen LogP contribution < -0.4 is 0 Å². The third-order valence-corrected chi connectivity index (χ3v) is 5.53. The molecule has 0 bridgehead atoms. The second-order valence-corrected chi connectivity index (χ2v) is 7.68. The molecule has 1 N–H and O–H groups in total. The molecule has 26 heavy (non-hydrogen) atoms. The number of piperidine rings is 1. The van der Waals surface area contributed by atoms with Gasteiger partial charge >= 0.3 is 0 Å². The third-order valence-electron chi connectivity index (χ3n) is 4.99. The highest BCUT2D eigenvalue weighted by molar-refractivity contribution is 6.36. The Morgan fingerprint density at radius 3 is 2.65 bits per heavy atom. The predicted octanol–water partition coefficient (Wildman–Crippen LogP) is 5.20. The molecule has 4 nitrogen and oxygen atoms in total. The lowest BCUT2D eigenvalue weighted by Crippen LogP contribution is -2.38. The zero-order valence-electron chi connectivity index (χ0n) is 14.4. The van der Waals surface area contributed by atoms with Crippen LogP contribution in [0.3, 0.4) is 0 Å². The van der Waals surface area contributed by atoms with E-state index in [0.29, 0.717) is 34.6 Å². The Morgan fingerprint density at radius 1 is 1.15 bits per heavy atom. The fourth-order valence-electron chi connectivity index (χ4n) is 3.53. The fraction of sp³-hybridized carbons (Fsp3) is 0.300. The smallest absolute Gasteiger partial charge is 0.255 e. The van der Waals surface area contributed by atoms with Gasteiger partial charge in [0.25, 0.3) is 5.91 Å². The fourth-order valence-corrected chi connectivity index (χ4v) is 4.02. The summed E-state index contributed by atoms with van der Waals surface area (Å²) in [6.07, 6.45) is 1.77. The average Bonchev–Trinajstić information content (AvgIpc) is 3.04. The molecule has 0 saturated carbocycles. The van der Waals surface area contributed by atoms with Crippen LogP contribution in [0.25, 0.3) is 11.0 Å². The molecule has 3 aromatic rings. The number of nitrogens with one attached hydrogen (secondary N) is 1. The number of aromatic nitrogens is 2. The van der Waals surface area contributed by atoms with E-state index >= 15 is 0 Å². The van der Waals surface area contributed by atoms with Crippen LogP contribution in [0.1, 0.15) is 40.5 Å². The monoisotopic (exact) mass is 387 g/mol. The van der Waals surface area contributed by atoms with Gasteiger partial charge in [0.1, 0.15) is 5.82 Å². The molecule has 6 heteroatoms. The number of likely N-dealkylation sites (tertiary alicyclic amines) is 1. The summed E-state index contributed by atoms with van der Waals surface area (Å²) in [5.41, 5.74) is 3.80. The van der Waals surface area contributed by atoms with Crippen LogP contribution in [-0.2, 0) is 0 Å². The Kier molecular flexibility index (Phi) is 4.63. The van der Waals surface area contributed by atoms with Crippen molar-refractivity contribution in [3.8, 4) is 0 Å². The number of H-pyrrole nitrogens is 1. The van der Waals surface area contributed by atoms with Gasteiger partial charge in [0.05, 0.1) is 21.6 Å². The first-order valence-electron chi connectivity index (χ1n) is 8.72. The van der Waals surface area contributed by atoms with Gasteiger partial charge in [-0.3, -0.25) is 4.79 Å². The van der Waals surface area contributed by atoms with E-state index in [4.69, 9.17) is 28.2 Å². The van der Waals surface area contributed by atoms with Crippen molar-refractivity contribution in [2.24, 2.45) is 0 Å². The molecule has 0 radical (unpaired) electrons. The van der Waals surface area contributed by atoms with Crippen LogP contribution in [0, 0.1) is 6.92 Å². The molecule has 2 aromatic carbocycles. The molecule has 1 amide bonds. The number of amides is 1. The molecule has 1 saturated heterocycles. The number of benzene rings is 2. The van der Waals surface area contributed by atoms with Crippen LogP contribution in [0.15, 0.2) is 36.4 Å². The van der Waals surface area contributed by atoms with Gasteiger partial charge in [-0.15, -0.1) is 0 Å². The van der Waals surface area contributed by atoms with Gasteiger partial charge in [-0.1, -0.05) is 29.3 Å². The van der Waals surface area contributed by atoms with Crippen LogP contribution in [0.5, 0.6) is 0 Å². The second kappa shape index (κ2) is 6.93. The van der Waals surface area contributed by atoms with Gasteiger partial charge in [-0.2, -0.15) is 0 Å². The summed E-state index contributed by atoms with van der Waals surface area (Å²) in [6, 6.07) is 11.2. The van der Waals surface area contributed by atoms with Gasteiger partial charge < -0.3 is 9.88 Å². The highest BCUT2D eigenvalue weighted by atomic mass is 35.5. The topological polar surface area (TPSA) is 49.0 Å². The lowest BCUT2D eigenvalue weighted by molar-refractivity contribution is 0.0711. The molecule has 0 unspecified atom stereocenters. The van der Waals surface area contributed by atoms with Crippen molar-refractivity contribution in [1.29, 1.82) is 0 Å². The molecular formula is C20H19Cl2N3O. The lowest BCUT2D eigenvalue weighted by Gasteiger charge is -2.31. The van der Waals surface area contributed by atoms with Crippen molar-refractivity contribution in [2.75, 3.05) is 13.1 Å². The van der Waals surface area contributed by atoms with Crippen molar-refractivity contribution in [2.45, 2.75) is 25.7 Å². The molecule has 0 atom stereocenters. The van der Waals surface area contributed by atoms with Gasteiger partial charge in [0, 0.05) is 24.0 Å². The van der Waals surface area contributed by atoms with Crippen LogP contribution in [0.2, 0.25) is 10.0 Å². The van der Waals surface area contributed by atoms with E-state index in [1.54, 1.807) is 18.2 Å². The van der Waals surface area contributed by atoms with E-state index in [9.17, 15) is 4.79 Å². The maximum absolute atomic E-state index is 12.7. The van der Waals surface area contributed by atoms with Crippen molar-refractivity contribution in [3.63, 3.8) is 0 Å².